The van der Waals surface area contributed by atoms with Crippen LogP contribution in [0.5, 0.6) is 5.75 Å². The summed E-state index contributed by atoms with van der Waals surface area (Å²) in [5.74, 6) is 0.0670. The van der Waals surface area contributed by atoms with E-state index in [0.717, 1.165) is 0 Å². The molecule has 1 aromatic heterocycles. The normalized spacial score (nSPS) is 10.1. The molecule has 1 heterocycles. The van der Waals surface area contributed by atoms with Crippen LogP contribution in [0.3, 0.4) is 0 Å². The van der Waals surface area contributed by atoms with Crippen LogP contribution in [0, 0.1) is 5.82 Å². The van der Waals surface area contributed by atoms with Crippen molar-refractivity contribution in [1.29, 1.82) is 0 Å². The molecule has 0 aliphatic carbocycles. The van der Waals surface area contributed by atoms with Crippen LogP contribution in [-0.2, 0) is 0 Å². The average molecular weight is 220 g/mol. The van der Waals surface area contributed by atoms with Gasteiger partial charge in [-0.15, -0.1) is 0 Å². The highest BCUT2D eigenvalue weighted by Gasteiger charge is 2.08. The van der Waals surface area contributed by atoms with Gasteiger partial charge in [0.25, 0.3) is 5.56 Å². The third kappa shape index (κ3) is 1.93. The Morgan fingerprint density at radius 2 is 2.19 bits per heavy atom. The zero-order chi connectivity index (χ0) is 11.5. The summed E-state index contributed by atoms with van der Waals surface area (Å²) in [5, 5.41) is 0. The minimum Gasteiger partial charge on any atom is -0.496 e. The van der Waals surface area contributed by atoms with Crippen molar-refractivity contribution in [3.05, 3.63) is 46.8 Å². The summed E-state index contributed by atoms with van der Waals surface area (Å²) in [4.78, 5) is 17.5. The molecule has 82 valence electrons. The minimum atomic E-state index is -0.405. The van der Waals surface area contributed by atoms with E-state index in [-0.39, 0.29) is 5.56 Å². The average Bonchev–Trinajstić information content (AvgIpc) is 2.29. The number of aromatic nitrogens is 2. The summed E-state index contributed by atoms with van der Waals surface area (Å²) in [6.45, 7) is 0. The van der Waals surface area contributed by atoms with Crippen molar-refractivity contribution in [3.63, 3.8) is 0 Å². The first kappa shape index (κ1) is 10.4. The van der Waals surface area contributed by atoms with E-state index in [4.69, 9.17) is 4.74 Å². The summed E-state index contributed by atoms with van der Waals surface area (Å²) < 4.78 is 18.2. The van der Waals surface area contributed by atoms with Crippen molar-refractivity contribution in [2.24, 2.45) is 0 Å². The maximum atomic E-state index is 13.1. The van der Waals surface area contributed by atoms with Gasteiger partial charge in [0.05, 0.1) is 19.1 Å². The molecule has 0 bridgehead atoms. The van der Waals surface area contributed by atoms with Crippen LogP contribution in [-0.4, -0.2) is 17.1 Å². The fourth-order valence-corrected chi connectivity index (χ4v) is 1.40. The van der Waals surface area contributed by atoms with E-state index >= 15 is 0 Å². The first-order chi connectivity index (χ1) is 7.70. The second-order valence-corrected chi connectivity index (χ2v) is 3.14. The molecule has 2 rings (SSSR count). The molecule has 0 aliphatic heterocycles. The molecule has 0 saturated carbocycles. The minimum absolute atomic E-state index is 0.295. The Kier molecular flexibility index (Phi) is 2.68. The number of halogens is 1. The van der Waals surface area contributed by atoms with Crippen LogP contribution in [0.4, 0.5) is 4.39 Å². The number of benzene rings is 1. The Labute approximate surface area is 90.7 Å². The van der Waals surface area contributed by atoms with Crippen LogP contribution in [0.25, 0.3) is 11.3 Å². The summed E-state index contributed by atoms with van der Waals surface area (Å²) in [6, 6.07) is 5.35. The number of nitrogens with zero attached hydrogens (tertiary/aromatic N) is 1. The van der Waals surface area contributed by atoms with Crippen molar-refractivity contribution < 1.29 is 9.13 Å². The molecule has 1 N–H and O–H groups in total. The molecule has 0 fully saturated rings. The molecule has 1 aromatic carbocycles. The van der Waals surface area contributed by atoms with Gasteiger partial charge in [-0.3, -0.25) is 4.79 Å². The largest absolute Gasteiger partial charge is 0.496 e. The molecule has 0 unspecified atom stereocenters. The maximum absolute atomic E-state index is 13.1. The monoisotopic (exact) mass is 220 g/mol. The van der Waals surface area contributed by atoms with E-state index < -0.39 is 5.82 Å². The highest BCUT2D eigenvalue weighted by molar-refractivity contribution is 5.66. The van der Waals surface area contributed by atoms with Crippen molar-refractivity contribution in [2.45, 2.75) is 0 Å². The smallest absolute Gasteiger partial charge is 0.251 e. The van der Waals surface area contributed by atoms with Gasteiger partial charge in [-0.25, -0.2) is 9.37 Å². The van der Waals surface area contributed by atoms with Crippen LogP contribution in [0.1, 0.15) is 0 Å². The molecule has 0 atom stereocenters. The van der Waals surface area contributed by atoms with E-state index in [1.165, 1.54) is 37.7 Å². The third-order valence-electron chi connectivity index (χ3n) is 2.12. The molecule has 0 radical (unpaired) electrons. The van der Waals surface area contributed by atoms with Gasteiger partial charge in [0.1, 0.15) is 11.6 Å². The number of hydrogen-bond donors (Lipinski definition) is 1. The topological polar surface area (TPSA) is 55.0 Å². The fourth-order valence-electron chi connectivity index (χ4n) is 1.40. The maximum Gasteiger partial charge on any atom is 0.251 e. The van der Waals surface area contributed by atoms with Gasteiger partial charge in [0.15, 0.2) is 0 Å². The predicted molar refractivity (Wildman–Crippen MR) is 56.8 cm³/mol. The lowest BCUT2D eigenvalue weighted by atomic mass is 10.1. The van der Waals surface area contributed by atoms with Crippen molar-refractivity contribution in [2.75, 3.05) is 7.11 Å². The number of ether oxygens (including phenoxy) is 1. The Morgan fingerprint density at radius 1 is 1.38 bits per heavy atom. The zero-order valence-corrected chi connectivity index (χ0v) is 8.53. The number of nitrogens with one attached hydrogen (secondary N) is 1. The number of methoxy groups -OCH3 is 1. The molecular formula is C11H9FN2O2. The van der Waals surface area contributed by atoms with Gasteiger partial charge in [-0.2, -0.15) is 0 Å². The van der Waals surface area contributed by atoms with E-state index in [2.05, 4.69) is 9.97 Å². The lowest BCUT2D eigenvalue weighted by Crippen LogP contribution is -2.05. The van der Waals surface area contributed by atoms with E-state index in [0.29, 0.717) is 17.0 Å². The molecule has 5 heteroatoms. The molecular weight excluding hydrogens is 211 g/mol. The molecule has 0 saturated heterocycles. The molecule has 4 nitrogen and oxygen atoms in total. The van der Waals surface area contributed by atoms with Gasteiger partial charge in [-0.1, -0.05) is 0 Å². The number of aromatic amines is 1. The Bertz CT molecular complexity index is 566. The molecule has 16 heavy (non-hydrogen) atoms. The van der Waals surface area contributed by atoms with Gasteiger partial charge >= 0.3 is 0 Å². The van der Waals surface area contributed by atoms with Gasteiger partial charge in [0.2, 0.25) is 0 Å². The zero-order valence-electron chi connectivity index (χ0n) is 8.53. The molecule has 0 aliphatic rings. The molecule has 0 amide bonds. The Morgan fingerprint density at radius 3 is 2.88 bits per heavy atom. The number of H-pyrrole nitrogens is 1. The van der Waals surface area contributed by atoms with E-state index in [9.17, 15) is 9.18 Å². The highest BCUT2D eigenvalue weighted by atomic mass is 19.1. The van der Waals surface area contributed by atoms with Crippen molar-refractivity contribution in [3.8, 4) is 17.0 Å². The second-order valence-electron chi connectivity index (χ2n) is 3.14. The van der Waals surface area contributed by atoms with Crippen LogP contribution >= 0.6 is 0 Å². The van der Waals surface area contributed by atoms with Crippen LogP contribution < -0.4 is 10.3 Å². The summed E-state index contributed by atoms with van der Waals surface area (Å²) in [6.07, 6.45) is 1.27. The van der Waals surface area contributed by atoms with E-state index in [1.807, 2.05) is 0 Å². The van der Waals surface area contributed by atoms with Crippen molar-refractivity contribution in [1.82, 2.24) is 9.97 Å². The SMILES string of the molecule is COc1ccc(F)cc1-c1cc(=O)[nH]cn1. The van der Waals surface area contributed by atoms with Crippen LogP contribution in [0.2, 0.25) is 0 Å². The quantitative estimate of drug-likeness (QED) is 0.836. The predicted octanol–water partition coefficient (Wildman–Crippen LogP) is 1.58. The highest BCUT2D eigenvalue weighted by Crippen LogP contribution is 2.27. The standard InChI is InChI=1S/C11H9FN2O2/c1-16-10-3-2-7(12)4-8(10)9-5-11(15)14-6-13-9/h2-6H,1H3,(H,13,14,15). The number of rotatable bonds is 2. The fraction of sp³-hybridized carbons (Fsp3) is 0.0909. The van der Waals surface area contributed by atoms with Gasteiger partial charge in [0, 0.05) is 11.6 Å². The van der Waals surface area contributed by atoms with Crippen molar-refractivity contribution >= 4 is 0 Å². The van der Waals surface area contributed by atoms with E-state index in [1.54, 1.807) is 0 Å². The summed E-state index contributed by atoms with van der Waals surface area (Å²) in [5.41, 5.74) is 0.532. The van der Waals surface area contributed by atoms with Crippen LogP contribution in [0.15, 0.2) is 35.4 Å². The second kappa shape index (κ2) is 4.14. The van der Waals surface area contributed by atoms with Gasteiger partial charge < -0.3 is 9.72 Å². The lowest BCUT2D eigenvalue weighted by Gasteiger charge is -2.07. The molecule has 0 spiro atoms. The first-order valence-corrected chi connectivity index (χ1v) is 4.59. The number of hydrogen-bond acceptors (Lipinski definition) is 3. The lowest BCUT2D eigenvalue weighted by molar-refractivity contribution is 0.415. The Balaban J connectivity index is 2.62. The Hall–Kier alpha value is -2.17. The summed E-state index contributed by atoms with van der Waals surface area (Å²) >= 11 is 0. The van der Waals surface area contributed by atoms with Gasteiger partial charge in [-0.05, 0) is 18.2 Å². The first-order valence-electron chi connectivity index (χ1n) is 4.59. The third-order valence-corrected chi connectivity index (χ3v) is 2.12. The molecule has 2 aromatic rings. The summed E-state index contributed by atoms with van der Waals surface area (Å²) in [7, 11) is 1.48.